The normalized spacial score (nSPS) is 14.7. The predicted molar refractivity (Wildman–Crippen MR) is 454 cm³/mol. The Balaban J connectivity index is 5.47. The second-order valence-electron chi connectivity index (χ2n) is 27.3. The summed E-state index contributed by atoms with van der Waals surface area (Å²) in [5, 5.41) is 10.7. The fraction of sp³-hybridized carbons (Fsp3) is 0.626. The van der Waals surface area contributed by atoms with Crippen molar-refractivity contribution in [2.75, 3.05) is 39.6 Å². The van der Waals surface area contributed by atoms with Crippen LogP contribution in [0.2, 0.25) is 0 Å². The van der Waals surface area contributed by atoms with E-state index in [4.69, 9.17) is 37.0 Å². The molecule has 0 radical (unpaired) electrons. The molecule has 0 saturated heterocycles. The van der Waals surface area contributed by atoms with Gasteiger partial charge in [-0.05, 0) is 173 Å². The molecule has 0 aliphatic carbocycles. The van der Waals surface area contributed by atoms with E-state index in [0.29, 0.717) is 32.1 Å². The van der Waals surface area contributed by atoms with Crippen molar-refractivity contribution >= 4 is 39.5 Å². The molecule has 0 aliphatic rings. The second kappa shape index (κ2) is 81.2. The van der Waals surface area contributed by atoms with Crippen LogP contribution in [0.3, 0.4) is 0 Å². The highest BCUT2D eigenvalue weighted by Gasteiger charge is 2.30. The van der Waals surface area contributed by atoms with Crippen molar-refractivity contribution in [3.63, 3.8) is 0 Å². The number of unbranched alkanes of at least 4 members (excludes halogenated alkanes) is 21. The minimum atomic E-state index is -5.01. The van der Waals surface area contributed by atoms with Gasteiger partial charge in [0.05, 0.1) is 26.4 Å². The van der Waals surface area contributed by atoms with Crippen LogP contribution in [-0.4, -0.2) is 96.7 Å². The molecule has 0 aromatic carbocycles. The molecule has 19 heteroatoms. The lowest BCUT2D eigenvalue weighted by Crippen LogP contribution is -2.30. The number of allylic oxidation sites excluding steroid dienone is 30. The number of hydrogen-bond acceptors (Lipinski definition) is 15. The number of phosphoric acid groups is 2. The van der Waals surface area contributed by atoms with Gasteiger partial charge in [0.2, 0.25) is 0 Å². The summed E-state index contributed by atoms with van der Waals surface area (Å²) in [6.45, 7) is 4.39. The second-order valence-corrected chi connectivity index (χ2v) is 30.2. The molecule has 624 valence electrons. The van der Waals surface area contributed by atoms with E-state index >= 15 is 0 Å². The van der Waals surface area contributed by atoms with E-state index in [2.05, 4.69) is 198 Å². The summed E-state index contributed by atoms with van der Waals surface area (Å²) >= 11 is 0. The van der Waals surface area contributed by atoms with E-state index in [9.17, 15) is 43.2 Å². The summed E-state index contributed by atoms with van der Waals surface area (Å²) in [5.74, 6) is -2.30. The standard InChI is InChI=1S/C91H148O17P2/c1-5-9-13-17-21-25-29-33-37-40-42-45-48-51-55-59-63-67-71-75-88(93)101-81-86(107-90(95)77-73-69-65-61-57-53-47-36-32-28-24-20-16-12-8-4)83-105-109(97,98)103-79-85(92)80-104-110(99,100)106-84-87(108-91(96)78-74-70-66-62-58-54-50-44-39-35-31-27-23-19-15-11-7-3)82-102-89(94)76-72-68-64-60-56-52-49-46-43-41-38-34-30-26-22-18-14-10-6-2/h10-12,14-16,21-28,33-39,42-43,45-47,50,54,62,66,85-87,92H,5-9,13,17-20,29-32,40-41,44,48-49,51-53,55-61,63-65,67-84H2,1-4H3,(H,97,98)(H,99,100)/b14-10-,15-11-,16-12-,25-21-,26-22-,27-23-,28-24-,37-33-,38-34-,39-35-,45-42-,46-43-,47-36-,54-50-,66-62-. The maximum absolute atomic E-state index is 13.1. The van der Waals surface area contributed by atoms with Gasteiger partial charge in [0.1, 0.15) is 19.3 Å². The Morgan fingerprint density at radius 1 is 0.264 bits per heavy atom. The first-order valence-corrected chi connectivity index (χ1v) is 45.0. The lowest BCUT2D eigenvalue weighted by molar-refractivity contribution is -0.161. The van der Waals surface area contributed by atoms with Crippen LogP contribution in [-0.2, 0) is 65.4 Å². The molecule has 0 bridgehead atoms. The minimum absolute atomic E-state index is 0.00593. The highest BCUT2D eigenvalue weighted by atomic mass is 31.2. The predicted octanol–water partition coefficient (Wildman–Crippen LogP) is 25.1. The Morgan fingerprint density at radius 3 is 0.764 bits per heavy atom. The molecular formula is C91H148O17P2. The number of rotatable bonds is 77. The summed E-state index contributed by atoms with van der Waals surface area (Å²) in [6.07, 6.45) is 98.6. The van der Waals surface area contributed by atoms with Gasteiger partial charge < -0.3 is 33.8 Å². The quantitative estimate of drug-likeness (QED) is 0.0169. The molecule has 0 spiro atoms. The van der Waals surface area contributed by atoms with Crippen molar-refractivity contribution in [3.8, 4) is 0 Å². The van der Waals surface area contributed by atoms with Gasteiger partial charge in [-0.3, -0.25) is 37.3 Å². The van der Waals surface area contributed by atoms with Crippen LogP contribution in [0.1, 0.15) is 310 Å². The topological polar surface area (TPSA) is 237 Å². The average Bonchev–Trinajstić information content (AvgIpc) is 0.906. The summed E-state index contributed by atoms with van der Waals surface area (Å²) in [5.41, 5.74) is 0. The van der Waals surface area contributed by atoms with Gasteiger partial charge in [0, 0.05) is 25.7 Å². The van der Waals surface area contributed by atoms with Gasteiger partial charge in [-0.2, -0.15) is 0 Å². The van der Waals surface area contributed by atoms with Gasteiger partial charge in [-0.25, -0.2) is 9.13 Å². The van der Waals surface area contributed by atoms with Crippen molar-refractivity contribution in [2.45, 2.75) is 329 Å². The number of aliphatic hydroxyl groups is 1. The molecule has 0 aliphatic heterocycles. The Bertz CT molecular complexity index is 2800. The van der Waals surface area contributed by atoms with Gasteiger partial charge in [0.25, 0.3) is 0 Å². The number of esters is 4. The molecule has 0 heterocycles. The third-order valence-electron chi connectivity index (χ3n) is 16.8. The van der Waals surface area contributed by atoms with Crippen LogP contribution in [0.5, 0.6) is 0 Å². The SMILES string of the molecule is CC/C=C\C/C=C\C/C=C\C/C=C\C/C=C\CCCC(=O)OC(COC(=O)CCCCCCCC/C=C\C/C=C\C/C=C\C/C=C\CC)COP(=O)(O)OCC(O)COP(=O)(O)OCC(COC(=O)CCCCCCCC/C=C\C/C=C\C/C=C\CCCCC)OC(=O)CCCCCCC/C=C\C/C=C\C/C=C\CC. The first kappa shape index (κ1) is 104. The Morgan fingerprint density at radius 2 is 0.482 bits per heavy atom. The number of aliphatic hydroxyl groups excluding tert-OH is 1. The summed E-state index contributed by atoms with van der Waals surface area (Å²) in [7, 11) is -10.0. The molecule has 0 saturated carbocycles. The zero-order valence-electron chi connectivity index (χ0n) is 68.4. The number of hydrogen-bond donors (Lipinski definition) is 3. The lowest BCUT2D eigenvalue weighted by atomic mass is 10.1. The molecule has 17 nitrogen and oxygen atoms in total. The smallest absolute Gasteiger partial charge is 0.462 e. The van der Waals surface area contributed by atoms with Gasteiger partial charge in [-0.1, -0.05) is 293 Å². The highest BCUT2D eigenvalue weighted by Crippen LogP contribution is 2.45. The third-order valence-corrected chi connectivity index (χ3v) is 18.7. The fourth-order valence-electron chi connectivity index (χ4n) is 10.6. The molecule has 3 N–H and O–H groups in total. The first-order valence-electron chi connectivity index (χ1n) is 42.0. The number of carbonyl (C=O) groups excluding carboxylic acids is 4. The monoisotopic (exact) mass is 1580 g/mol. The Hall–Kier alpha value is -5.84. The molecular weight excluding hydrogens is 1430 g/mol. The molecule has 0 amide bonds. The van der Waals surface area contributed by atoms with Crippen molar-refractivity contribution in [1.29, 1.82) is 0 Å². The molecule has 5 unspecified atom stereocenters. The zero-order chi connectivity index (χ0) is 80.3. The average molecular weight is 1580 g/mol. The summed E-state index contributed by atoms with van der Waals surface area (Å²) < 4.78 is 68.7. The highest BCUT2D eigenvalue weighted by molar-refractivity contribution is 7.47. The number of carbonyl (C=O) groups is 4. The lowest BCUT2D eigenvalue weighted by Gasteiger charge is -2.21. The molecule has 5 atom stereocenters. The van der Waals surface area contributed by atoms with Crippen LogP contribution in [0, 0.1) is 0 Å². The van der Waals surface area contributed by atoms with E-state index < -0.39 is 97.5 Å². The Kier molecular flexibility index (Phi) is 76.9. The number of ether oxygens (including phenoxy) is 4. The van der Waals surface area contributed by atoms with Gasteiger partial charge in [0.15, 0.2) is 12.2 Å². The summed E-state index contributed by atoms with van der Waals surface area (Å²) in [4.78, 5) is 73.2. The molecule has 0 fully saturated rings. The van der Waals surface area contributed by atoms with Crippen molar-refractivity contribution in [2.24, 2.45) is 0 Å². The van der Waals surface area contributed by atoms with E-state index in [1.807, 2.05) is 12.2 Å². The van der Waals surface area contributed by atoms with E-state index in [-0.39, 0.29) is 25.7 Å². The fourth-order valence-corrected chi connectivity index (χ4v) is 12.1. The van der Waals surface area contributed by atoms with E-state index in [1.165, 1.54) is 19.3 Å². The maximum Gasteiger partial charge on any atom is 0.472 e. The van der Waals surface area contributed by atoms with Crippen LogP contribution in [0.15, 0.2) is 182 Å². The molecule has 110 heavy (non-hydrogen) atoms. The molecule has 0 aromatic rings. The van der Waals surface area contributed by atoms with E-state index in [0.717, 1.165) is 205 Å². The summed E-state index contributed by atoms with van der Waals surface area (Å²) in [6, 6.07) is 0. The van der Waals surface area contributed by atoms with Crippen molar-refractivity contribution < 1.29 is 80.2 Å². The molecule has 0 aromatic heterocycles. The van der Waals surface area contributed by atoms with Crippen LogP contribution in [0.4, 0.5) is 0 Å². The Labute approximate surface area is 666 Å². The minimum Gasteiger partial charge on any atom is -0.462 e. The van der Waals surface area contributed by atoms with E-state index in [1.54, 1.807) is 0 Å². The zero-order valence-corrected chi connectivity index (χ0v) is 70.1. The third kappa shape index (κ3) is 80.2. The maximum atomic E-state index is 13.1. The molecule has 0 rings (SSSR count). The van der Waals surface area contributed by atoms with Crippen LogP contribution in [0.25, 0.3) is 0 Å². The van der Waals surface area contributed by atoms with Crippen LogP contribution < -0.4 is 0 Å². The van der Waals surface area contributed by atoms with Crippen molar-refractivity contribution in [3.05, 3.63) is 182 Å². The van der Waals surface area contributed by atoms with Crippen LogP contribution >= 0.6 is 15.6 Å². The first-order chi connectivity index (χ1) is 53.7. The van der Waals surface area contributed by atoms with Gasteiger partial charge in [-0.15, -0.1) is 0 Å². The number of phosphoric ester groups is 2. The van der Waals surface area contributed by atoms with Crippen molar-refractivity contribution in [1.82, 2.24) is 0 Å². The van der Waals surface area contributed by atoms with Gasteiger partial charge >= 0.3 is 39.5 Å². The largest absolute Gasteiger partial charge is 0.472 e.